The second-order valence-electron chi connectivity index (χ2n) is 14.7. The van der Waals surface area contributed by atoms with Crippen LogP contribution >= 0.6 is 0 Å². The second kappa shape index (κ2) is 16.3. The fraction of sp³-hybridized carbons (Fsp3) is 0.719. The largest absolute Gasteiger partial charge is 0.459 e. The van der Waals surface area contributed by atoms with Crippen molar-refractivity contribution in [1.29, 1.82) is 0 Å². The van der Waals surface area contributed by atoms with Gasteiger partial charge >= 0.3 is 17.9 Å². The van der Waals surface area contributed by atoms with E-state index in [0.717, 1.165) is 25.0 Å². The zero-order chi connectivity index (χ0) is 35.8. The topological polar surface area (TPSA) is 183 Å². The van der Waals surface area contributed by atoms with Crippen molar-refractivity contribution in [2.75, 3.05) is 26.2 Å². The van der Waals surface area contributed by atoms with Crippen LogP contribution in [0.15, 0.2) is 29.2 Å². The third kappa shape index (κ3) is 13.9. The number of rotatable bonds is 14. The van der Waals surface area contributed by atoms with Gasteiger partial charge in [-0.1, -0.05) is 25.0 Å². The van der Waals surface area contributed by atoms with Gasteiger partial charge in [-0.05, 0) is 81.2 Å². The first-order valence-electron chi connectivity index (χ1n) is 15.8. The van der Waals surface area contributed by atoms with E-state index in [4.69, 9.17) is 14.2 Å². The standard InChI is InChI=1S/C32H52N4O10S/c1-30(2,3)44-27(37)18-33-22-14-10-11-15-23(22)35(21-29(39)46-32(7,8)9)20-26(34-19-28(38)45-31(4,5)6)47(42,43)25-17-13-12-16-24(25)36(40)41/h12-13,16-17,22-23,26,33-34H,10-11,14-15,18-21H2,1-9H3/t22-,23-,26?/m0/s1. The molecule has 1 unspecified atom stereocenters. The first-order chi connectivity index (χ1) is 21.5. The zero-order valence-electron chi connectivity index (χ0n) is 29.1. The number of sulfone groups is 1. The van der Waals surface area contributed by atoms with E-state index in [1.165, 1.54) is 12.1 Å². The van der Waals surface area contributed by atoms with Crippen LogP contribution in [0.2, 0.25) is 0 Å². The Morgan fingerprint density at radius 2 is 1.38 bits per heavy atom. The Balaban J connectivity index is 2.54. The van der Waals surface area contributed by atoms with Gasteiger partial charge < -0.3 is 19.5 Å². The van der Waals surface area contributed by atoms with Gasteiger partial charge in [0.1, 0.15) is 27.1 Å². The smallest absolute Gasteiger partial charge is 0.320 e. The molecule has 3 atom stereocenters. The van der Waals surface area contributed by atoms with Crippen LogP contribution in [-0.2, 0) is 38.4 Å². The van der Waals surface area contributed by atoms with Gasteiger partial charge in [0.05, 0.1) is 24.6 Å². The molecule has 0 radical (unpaired) electrons. The normalized spacial score (nSPS) is 18.3. The van der Waals surface area contributed by atoms with Crippen LogP contribution in [0.25, 0.3) is 0 Å². The second-order valence-corrected chi connectivity index (χ2v) is 16.8. The number of hydrogen-bond acceptors (Lipinski definition) is 13. The highest BCUT2D eigenvalue weighted by molar-refractivity contribution is 7.92. The van der Waals surface area contributed by atoms with Gasteiger partial charge in [-0.25, -0.2) is 8.42 Å². The number of carbonyl (C=O) groups is 3. The monoisotopic (exact) mass is 684 g/mol. The molecule has 266 valence electrons. The Hall–Kier alpha value is -3.14. The molecule has 2 N–H and O–H groups in total. The van der Waals surface area contributed by atoms with Crippen molar-refractivity contribution >= 4 is 33.4 Å². The summed E-state index contributed by atoms with van der Waals surface area (Å²) in [4.78, 5) is 50.6. The number of hydrogen-bond donors (Lipinski definition) is 2. The minimum atomic E-state index is -4.53. The van der Waals surface area contributed by atoms with E-state index in [-0.39, 0.29) is 25.7 Å². The summed E-state index contributed by atoms with van der Waals surface area (Å²) in [6, 6.07) is 4.19. The van der Waals surface area contributed by atoms with E-state index in [0.29, 0.717) is 12.8 Å². The van der Waals surface area contributed by atoms with Crippen LogP contribution in [-0.4, -0.2) is 96.6 Å². The Labute approximate surface area is 278 Å². The lowest BCUT2D eigenvalue weighted by atomic mass is 9.89. The van der Waals surface area contributed by atoms with Gasteiger partial charge in [0, 0.05) is 24.7 Å². The lowest BCUT2D eigenvalue weighted by Gasteiger charge is -2.41. The van der Waals surface area contributed by atoms with Gasteiger partial charge in [-0.2, -0.15) is 0 Å². The third-order valence-electron chi connectivity index (χ3n) is 6.92. The number of ether oxygens (including phenoxy) is 3. The van der Waals surface area contributed by atoms with E-state index >= 15 is 0 Å². The SMILES string of the molecule is CC(C)(C)OC(=O)CNC(CN(CC(=O)OC(C)(C)C)[C@H]1CCCC[C@@H]1NCC(=O)OC(C)(C)C)S(=O)(=O)c1ccccc1[N+](=O)[O-]. The number of carbonyl (C=O) groups excluding carboxylic acids is 3. The van der Waals surface area contributed by atoms with Crippen molar-refractivity contribution < 1.29 is 41.9 Å². The van der Waals surface area contributed by atoms with Crippen LogP contribution in [0.4, 0.5) is 5.69 Å². The Morgan fingerprint density at radius 1 is 0.872 bits per heavy atom. The first kappa shape index (κ1) is 40.0. The number of nitrogens with one attached hydrogen (secondary N) is 2. The molecule has 14 nitrogen and oxygen atoms in total. The molecule has 0 heterocycles. The molecule has 15 heteroatoms. The van der Waals surface area contributed by atoms with Crippen LogP contribution in [0.5, 0.6) is 0 Å². The van der Waals surface area contributed by atoms with E-state index < -0.39 is 78.0 Å². The summed E-state index contributed by atoms with van der Waals surface area (Å²) in [5.41, 5.74) is -2.97. The molecule has 1 aromatic rings. The Kier molecular flexibility index (Phi) is 13.9. The predicted molar refractivity (Wildman–Crippen MR) is 175 cm³/mol. The maximum absolute atomic E-state index is 14.2. The highest BCUT2D eigenvalue weighted by Crippen LogP contribution is 2.29. The quantitative estimate of drug-likeness (QED) is 0.126. The summed E-state index contributed by atoms with van der Waals surface area (Å²) in [6.07, 6.45) is 2.79. The van der Waals surface area contributed by atoms with Crippen LogP contribution < -0.4 is 10.6 Å². The lowest BCUT2D eigenvalue weighted by molar-refractivity contribution is -0.387. The minimum absolute atomic E-state index is 0.104. The molecule has 1 aliphatic carbocycles. The van der Waals surface area contributed by atoms with Gasteiger partial charge in [-0.3, -0.25) is 34.7 Å². The van der Waals surface area contributed by atoms with Crippen molar-refractivity contribution in [3.8, 4) is 0 Å². The fourth-order valence-corrected chi connectivity index (χ4v) is 7.00. The summed E-state index contributed by atoms with van der Waals surface area (Å²) in [7, 11) is -4.53. The number of nitro benzene ring substituents is 1. The molecule has 0 amide bonds. The van der Waals surface area contributed by atoms with Crippen LogP contribution in [0.1, 0.15) is 88.0 Å². The molecule has 0 spiro atoms. The third-order valence-corrected chi connectivity index (χ3v) is 8.94. The highest BCUT2D eigenvalue weighted by atomic mass is 32.2. The van der Waals surface area contributed by atoms with E-state index in [1.54, 1.807) is 67.2 Å². The molecule has 47 heavy (non-hydrogen) atoms. The number of benzene rings is 1. The van der Waals surface area contributed by atoms with E-state index in [1.807, 2.05) is 0 Å². The fourth-order valence-electron chi connectivity index (χ4n) is 5.30. The van der Waals surface area contributed by atoms with Crippen LogP contribution in [0, 0.1) is 10.1 Å². The highest BCUT2D eigenvalue weighted by Gasteiger charge is 2.39. The molecule has 1 aromatic carbocycles. The van der Waals surface area contributed by atoms with Crippen molar-refractivity contribution in [3.05, 3.63) is 34.4 Å². The molecule has 1 saturated carbocycles. The molecular weight excluding hydrogens is 632 g/mol. The van der Waals surface area contributed by atoms with Gasteiger partial charge in [-0.15, -0.1) is 0 Å². The summed E-state index contributed by atoms with van der Waals surface area (Å²) in [6.45, 7) is 14.2. The van der Waals surface area contributed by atoms with Crippen molar-refractivity contribution in [2.24, 2.45) is 0 Å². The minimum Gasteiger partial charge on any atom is -0.459 e. The molecule has 0 aliphatic heterocycles. The molecule has 2 rings (SSSR count). The van der Waals surface area contributed by atoms with E-state index in [2.05, 4.69) is 10.6 Å². The predicted octanol–water partition coefficient (Wildman–Crippen LogP) is 3.51. The first-order valence-corrected chi connectivity index (χ1v) is 17.4. The van der Waals surface area contributed by atoms with Crippen LogP contribution in [0.3, 0.4) is 0 Å². The van der Waals surface area contributed by atoms with Crippen molar-refractivity contribution in [2.45, 2.75) is 127 Å². The number of para-hydroxylation sites is 1. The zero-order valence-corrected chi connectivity index (χ0v) is 29.9. The van der Waals surface area contributed by atoms with Crippen molar-refractivity contribution in [1.82, 2.24) is 15.5 Å². The molecule has 1 fully saturated rings. The summed E-state index contributed by atoms with van der Waals surface area (Å²) >= 11 is 0. The van der Waals surface area contributed by atoms with Gasteiger partial charge in [0.2, 0.25) is 9.84 Å². The summed E-state index contributed by atoms with van der Waals surface area (Å²) in [5.74, 6) is -1.80. The van der Waals surface area contributed by atoms with Gasteiger partial charge in [0.15, 0.2) is 0 Å². The Morgan fingerprint density at radius 3 is 1.94 bits per heavy atom. The maximum Gasteiger partial charge on any atom is 0.320 e. The Bertz CT molecular complexity index is 1360. The maximum atomic E-state index is 14.2. The van der Waals surface area contributed by atoms with E-state index in [9.17, 15) is 32.9 Å². The number of esters is 3. The average molecular weight is 685 g/mol. The lowest BCUT2D eigenvalue weighted by Crippen LogP contribution is -2.58. The molecule has 1 aliphatic rings. The van der Waals surface area contributed by atoms with Gasteiger partial charge in [0.25, 0.3) is 5.69 Å². The number of nitro groups is 1. The summed E-state index contributed by atoms with van der Waals surface area (Å²) < 4.78 is 44.8. The molecular formula is C32H52N4O10S. The molecule has 0 aromatic heterocycles. The molecule has 0 bridgehead atoms. The molecule has 0 saturated heterocycles. The number of nitrogens with zero attached hydrogens (tertiary/aromatic N) is 2. The van der Waals surface area contributed by atoms with Crippen molar-refractivity contribution in [3.63, 3.8) is 0 Å². The average Bonchev–Trinajstić information content (AvgIpc) is 2.90. The summed E-state index contributed by atoms with van der Waals surface area (Å²) in [5, 5.41) is 16.3.